The number of anilines is 1. The highest BCUT2D eigenvalue weighted by atomic mass is 19.4. The van der Waals surface area contributed by atoms with Crippen LogP contribution < -0.4 is 4.90 Å². The van der Waals surface area contributed by atoms with Crippen LogP contribution in [-0.4, -0.2) is 36.9 Å². The maximum absolute atomic E-state index is 12.9. The molecule has 27 heavy (non-hydrogen) atoms. The van der Waals surface area contributed by atoms with Crippen molar-refractivity contribution >= 4 is 17.5 Å². The summed E-state index contributed by atoms with van der Waals surface area (Å²) in [6.07, 6.45) is -4.01. The van der Waals surface area contributed by atoms with Gasteiger partial charge in [-0.1, -0.05) is 24.3 Å². The molecule has 0 saturated carbocycles. The summed E-state index contributed by atoms with van der Waals surface area (Å²) in [6, 6.07) is 13.5. The van der Waals surface area contributed by atoms with Gasteiger partial charge in [0.2, 0.25) is 5.91 Å². The Balaban J connectivity index is 1.69. The molecule has 0 spiro atoms. The Morgan fingerprint density at radius 2 is 1.78 bits per heavy atom. The Labute approximate surface area is 155 Å². The highest BCUT2D eigenvalue weighted by molar-refractivity contribution is 5.97. The largest absolute Gasteiger partial charge is 0.416 e. The van der Waals surface area contributed by atoms with Crippen molar-refractivity contribution in [1.29, 1.82) is 0 Å². The Bertz CT molecular complexity index is 837. The van der Waals surface area contributed by atoms with Crippen LogP contribution in [0.25, 0.3) is 0 Å². The summed E-state index contributed by atoms with van der Waals surface area (Å²) in [4.78, 5) is 28.2. The molecule has 4 nitrogen and oxygen atoms in total. The van der Waals surface area contributed by atoms with E-state index in [4.69, 9.17) is 0 Å². The molecule has 142 valence electrons. The number of hydrogen-bond donors (Lipinski definition) is 0. The van der Waals surface area contributed by atoms with E-state index in [2.05, 4.69) is 0 Å². The maximum Gasteiger partial charge on any atom is 0.416 e. The number of likely N-dealkylation sites (tertiary alicyclic amines) is 1. The molecular weight excluding hydrogens is 357 g/mol. The lowest BCUT2D eigenvalue weighted by molar-refractivity contribution is -0.137. The van der Waals surface area contributed by atoms with Crippen LogP contribution in [0.4, 0.5) is 18.9 Å². The molecule has 0 radical (unpaired) electrons. The number of nitrogens with zero attached hydrogens (tertiary/aromatic N) is 2. The van der Waals surface area contributed by atoms with Crippen molar-refractivity contribution in [2.75, 3.05) is 25.0 Å². The van der Waals surface area contributed by atoms with Gasteiger partial charge in [0.1, 0.15) is 0 Å². The predicted octanol–water partition coefficient (Wildman–Crippen LogP) is 3.83. The van der Waals surface area contributed by atoms with Crippen LogP contribution in [0, 0.1) is 5.92 Å². The van der Waals surface area contributed by atoms with Crippen LogP contribution in [0.3, 0.4) is 0 Å². The molecule has 0 aliphatic carbocycles. The van der Waals surface area contributed by atoms with Gasteiger partial charge in [0.25, 0.3) is 5.91 Å². The Kier molecular flexibility index (Phi) is 5.21. The van der Waals surface area contributed by atoms with Gasteiger partial charge in [0, 0.05) is 31.4 Å². The predicted molar refractivity (Wildman–Crippen MR) is 95.3 cm³/mol. The van der Waals surface area contributed by atoms with Gasteiger partial charge in [0.15, 0.2) is 0 Å². The fraction of sp³-hybridized carbons (Fsp3) is 0.300. The fourth-order valence-electron chi connectivity index (χ4n) is 3.21. The zero-order valence-corrected chi connectivity index (χ0v) is 14.7. The number of carbonyl (C=O) groups excluding carboxylic acids is 2. The first-order valence-corrected chi connectivity index (χ1v) is 8.56. The number of carbonyl (C=O) groups is 2. The van der Waals surface area contributed by atoms with Gasteiger partial charge in [-0.2, -0.15) is 13.2 Å². The molecule has 1 aliphatic rings. The summed E-state index contributed by atoms with van der Waals surface area (Å²) in [5.41, 5.74) is -0.122. The summed E-state index contributed by atoms with van der Waals surface area (Å²) in [7, 11) is 1.68. The molecule has 2 amide bonds. The molecule has 1 heterocycles. The molecule has 1 unspecified atom stereocenters. The molecule has 1 saturated heterocycles. The third-order valence-electron chi connectivity index (χ3n) is 4.74. The number of amides is 2. The van der Waals surface area contributed by atoms with E-state index in [1.54, 1.807) is 11.9 Å². The number of hydrogen-bond acceptors (Lipinski definition) is 2. The average molecular weight is 376 g/mol. The van der Waals surface area contributed by atoms with Crippen molar-refractivity contribution in [3.05, 3.63) is 65.7 Å². The second-order valence-electron chi connectivity index (χ2n) is 6.55. The summed E-state index contributed by atoms with van der Waals surface area (Å²) < 4.78 is 38.6. The minimum Gasteiger partial charge on any atom is -0.338 e. The highest BCUT2D eigenvalue weighted by Gasteiger charge is 2.35. The number of benzene rings is 2. The number of halogens is 3. The molecule has 1 atom stereocenters. The lowest BCUT2D eigenvalue weighted by atomic mass is 10.1. The first-order valence-electron chi connectivity index (χ1n) is 8.56. The average Bonchev–Trinajstić information content (AvgIpc) is 3.16. The molecule has 7 heteroatoms. The Hall–Kier alpha value is -2.83. The lowest BCUT2D eigenvalue weighted by Gasteiger charge is -2.22. The number of alkyl halides is 3. The van der Waals surface area contributed by atoms with Gasteiger partial charge < -0.3 is 9.80 Å². The fourth-order valence-corrected chi connectivity index (χ4v) is 3.21. The summed E-state index contributed by atoms with van der Waals surface area (Å²) in [5.74, 6) is -0.968. The van der Waals surface area contributed by atoms with Gasteiger partial charge >= 0.3 is 6.18 Å². The molecular formula is C20H19F3N2O2. The van der Waals surface area contributed by atoms with Gasteiger partial charge in [-0.05, 0) is 36.8 Å². The second kappa shape index (κ2) is 7.42. The minimum atomic E-state index is -4.50. The van der Waals surface area contributed by atoms with Crippen LogP contribution in [0.2, 0.25) is 0 Å². The van der Waals surface area contributed by atoms with E-state index < -0.39 is 17.6 Å². The molecule has 1 fully saturated rings. The molecule has 0 aromatic heterocycles. The molecule has 2 aromatic rings. The number of rotatable bonds is 3. The minimum absolute atomic E-state index is 0.0191. The molecule has 2 aromatic carbocycles. The van der Waals surface area contributed by atoms with E-state index in [1.165, 1.54) is 17.0 Å². The normalized spacial score (nSPS) is 17.0. The van der Waals surface area contributed by atoms with E-state index >= 15 is 0 Å². The van der Waals surface area contributed by atoms with Gasteiger partial charge in [0.05, 0.1) is 11.5 Å². The highest BCUT2D eigenvalue weighted by Crippen LogP contribution is 2.30. The van der Waals surface area contributed by atoms with Crippen molar-refractivity contribution in [2.45, 2.75) is 12.6 Å². The molecule has 0 N–H and O–H groups in total. The summed E-state index contributed by atoms with van der Waals surface area (Å²) >= 11 is 0. The lowest BCUT2D eigenvalue weighted by Crippen LogP contribution is -2.36. The van der Waals surface area contributed by atoms with E-state index in [-0.39, 0.29) is 23.9 Å². The Morgan fingerprint density at radius 1 is 1.07 bits per heavy atom. The van der Waals surface area contributed by atoms with E-state index in [0.29, 0.717) is 13.0 Å². The summed E-state index contributed by atoms with van der Waals surface area (Å²) in [6.45, 7) is 0.541. The van der Waals surface area contributed by atoms with Crippen LogP contribution in [-0.2, 0) is 11.0 Å². The van der Waals surface area contributed by atoms with Crippen LogP contribution >= 0.6 is 0 Å². The van der Waals surface area contributed by atoms with Crippen molar-refractivity contribution in [3.8, 4) is 0 Å². The van der Waals surface area contributed by atoms with Crippen molar-refractivity contribution in [3.63, 3.8) is 0 Å². The first-order chi connectivity index (χ1) is 12.8. The Morgan fingerprint density at radius 3 is 2.44 bits per heavy atom. The van der Waals surface area contributed by atoms with Crippen molar-refractivity contribution in [1.82, 2.24) is 4.90 Å². The van der Waals surface area contributed by atoms with Crippen LogP contribution in [0.1, 0.15) is 22.3 Å². The maximum atomic E-state index is 12.9. The molecule has 0 bridgehead atoms. The summed E-state index contributed by atoms with van der Waals surface area (Å²) in [5, 5.41) is 0. The number of para-hydroxylation sites is 1. The molecule has 3 rings (SSSR count). The van der Waals surface area contributed by atoms with Gasteiger partial charge in [-0.3, -0.25) is 9.59 Å². The van der Waals surface area contributed by atoms with Crippen LogP contribution in [0.5, 0.6) is 0 Å². The standard InChI is InChI=1S/C20H19F3N2O2/c1-24(17-8-3-2-4-9-17)18(26)15-10-11-25(13-15)19(27)14-6-5-7-16(12-14)20(21,22)23/h2-9,12,15H,10-11,13H2,1H3. The van der Waals surface area contributed by atoms with Gasteiger partial charge in [-0.15, -0.1) is 0 Å². The van der Waals surface area contributed by atoms with Crippen molar-refractivity contribution < 1.29 is 22.8 Å². The quantitative estimate of drug-likeness (QED) is 0.817. The topological polar surface area (TPSA) is 40.6 Å². The SMILES string of the molecule is CN(C(=O)C1CCN(C(=O)c2cccc(C(F)(F)F)c2)C1)c1ccccc1. The first kappa shape index (κ1) is 18.9. The van der Waals surface area contributed by atoms with E-state index in [9.17, 15) is 22.8 Å². The molecule has 1 aliphatic heterocycles. The van der Waals surface area contributed by atoms with Gasteiger partial charge in [-0.25, -0.2) is 0 Å². The van der Waals surface area contributed by atoms with Crippen molar-refractivity contribution in [2.24, 2.45) is 5.92 Å². The van der Waals surface area contributed by atoms with E-state index in [1.807, 2.05) is 30.3 Å². The third kappa shape index (κ3) is 4.13. The van der Waals surface area contributed by atoms with Crippen LogP contribution in [0.15, 0.2) is 54.6 Å². The van der Waals surface area contributed by atoms with E-state index in [0.717, 1.165) is 17.8 Å². The monoisotopic (exact) mass is 376 g/mol. The zero-order chi connectivity index (χ0) is 19.6. The smallest absolute Gasteiger partial charge is 0.338 e. The zero-order valence-electron chi connectivity index (χ0n) is 14.7. The second-order valence-corrected chi connectivity index (χ2v) is 6.55. The third-order valence-corrected chi connectivity index (χ3v) is 4.74.